The molecule has 12 nitrogen and oxygen atoms in total. The number of carbonyl (C=O) groups is 1. The van der Waals surface area contributed by atoms with Crippen LogP contribution < -0.4 is 11.6 Å². The van der Waals surface area contributed by atoms with Crippen LogP contribution >= 0.6 is 0 Å². The molecule has 3 aromatic heterocycles. The van der Waals surface area contributed by atoms with E-state index in [9.17, 15) is 14.0 Å². The van der Waals surface area contributed by atoms with Gasteiger partial charge in [0.05, 0.1) is 6.33 Å². The lowest BCUT2D eigenvalue weighted by molar-refractivity contribution is -0.0445. The first kappa shape index (κ1) is 23.9. The van der Waals surface area contributed by atoms with Crippen LogP contribution in [0.2, 0.25) is 0 Å². The lowest BCUT2D eigenvalue weighted by atomic mass is 9.57. The summed E-state index contributed by atoms with van der Waals surface area (Å²) in [6.45, 7) is 0.746. The third-order valence-corrected chi connectivity index (χ3v) is 5.00. The Kier molecular flexibility index (Phi) is 6.50. The van der Waals surface area contributed by atoms with Crippen LogP contribution in [0.1, 0.15) is 17.9 Å². The minimum Gasteiger partial charge on any atom is -0.430 e. The Bertz CT molecular complexity index is 1280. The van der Waals surface area contributed by atoms with Crippen molar-refractivity contribution >= 4 is 38.8 Å². The standard InChI is InChI=1S/C18H20B2FN5O7/c1-4-17(29-3,7-31-15(27)30-5-10-9(2)32-16(28)33-10)6-18(19,20)26-8-23-11-12(22)24-14(21)25-13(11)26/h1,8H,5-7,19-20H2,2-3H3,(H2,22,24,25). The van der Waals surface area contributed by atoms with Crippen LogP contribution in [-0.2, 0) is 26.2 Å². The van der Waals surface area contributed by atoms with Crippen molar-refractivity contribution in [3.63, 3.8) is 0 Å². The number of imidazole rings is 1. The van der Waals surface area contributed by atoms with E-state index in [0.29, 0.717) is 0 Å². The molecule has 15 heteroatoms. The van der Waals surface area contributed by atoms with Crippen LogP contribution in [0.25, 0.3) is 11.2 Å². The predicted octanol–water partition coefficient (Wildman–Crippen LogP) is -0.959. The summed E-state index contributed by atoms with van der Waals surface area (Å²) < 4.78 is 40.3. The third-order valence-electron chi connectivity index (χ3n) is 5.00. The second-order valence-corrected chi connectivity index (χ2v) is 7.76. The molecule has 0 fully saturated rings. The summed E-state index contributed by atoms with van der Waals surface area (Å²) in [5.41, 5.74) is 4.75. The zero-order chi connectivity index (χ0) is 24.4. The van der Waals surface area contributed by atoms with E-state index in [0.717, 1.165) is 0 Å². The molecule has 0 aliphatic carbocycles. The average Bonchev–Trinajstić information content (AvgIpc) is 3.32. The molecular weight excluding hydrogens is 439 g/mol. The number of hydrogen-bond acceptors (Lipinski definition) is 11. The van der Waals surface area contributed by atoms with E-state index in [-0.39, 0.29) is 48.1 Å². The van der Waals surface area contributed by atoms with Gasteiger partial charge >= 0.3 is 18.1 Å². The van der Waals surface area contributed by atoms with E-state index in [2.05, 4.69) is 25.3 Å². The topological polar surface area (TPSA) is 158 Å². The Labute approximate surface area is 188 Å². The summed E-state index contributed by atoms with van der Waals surface area (Å²) in [5, 5.41) is -0.838. The molecule has 0 saturated carbocycles. The number of anilines is 1. The molecule has 3 rings (SSSR count). The number of nitrogens with zero attached hydrogens (tertiary/aromatic N) is 4. The Morgan fingerprint density at radius 3 is 2.70 bits per heavy atom. The smallest absolute Gasteiger partial charge is 0.430 e. The highest BCUT2D eigenvalue weighted by Gasteiger charge is 2.38. The first-order valence-corrected chi connectivity index (χ1v) is 9.58. The zero-order valence-corrected chi connectivity index (χ0v) is 18.4. The van der Waals surface area contributed by atoms with Gasteiger partial charge in [0.2, 0.25) is 0 Å². The highest BCUT2D eigenvalue weighted by atomic mass is 19.1. The Hall–Kier alpha value is -3.79. The number of ether oxygens (including phenoxy) is 3. The molecule has 0 radical (unpaired) electrons. The predicted molar refractivity (Wildman–Crippen MR) is 116 cm³/mol. The minimum absolute atomic E-state index is 0.0496. The fraction of sp³-hybridized carbons (Fsp3) is 0.389. The van der Waals surface area contributed by atoms with Gasteiger partial charge in [0.1, 0.15) is 27.8 Å². The Balaban J connectivity index is 1.73. The number of aromatic nitrogens is 4. The molecule has 0 saturated heterocycles. The second kappa shape index (κ2) is 8.99. The molecular formula is C18H20B2FN5O7. The van der Waals surface area contributed by atoms with Crippen molar-refractivity contribution in [1.29, 1.82) is 0 Å². The number of carbonyl (C=O) groups excluding carboxylic acids is 1. The van der Waals surface area contributed by atoms with Gasteiger partial charge in [0.25, 0.3) is 0 Å². The second-order valence-electron chi connectivity index (χ2n) is 7.76. The Morgan fingerprint density at radius 1 is 1.36 bits per heavy atom. The van der Waals surface area contributed by atoms with Crippen LogP contribution in [0.5, 0.6) is 0 Å². The molecule has 0 amide bonds. The Morgan fingerprint density at radius 2 is 2.09 bits per heavy atom. The average molecular weight is 459 g/mol. The maximum atomic E-state index is 13.7. The van der Waals surface area contributed by atoms with Crippen molar-refractivity contribution in [1.82, 2.24) is 19.5 Å². The lowest BCUT2D eigenvalue weighted by Gasteiger charge is -2.36. The van der Waals surface area contributed by atoms with Crippen molar-refractivity contribution in [3.8, 4) is 12.3 Å². The van der Waals surface area contributed by atoms with Gasteiger partial charge in [0.15, 0.2) is 35.2 Å². The minimum atomic E-state index is -1.38. The molecule has 3 aromatic rings. The molecule has 172 valence electrons. The normalized spacial score (nSPS) is 13.4. The number of aryl methyl sites for hydroxylation is 1. The fourth-order valence-corrected chi connectivity index (χ4v) is 3.30. The van der Waals surface area contributed by atoms with Crippen molar-refractivity contribution < 1.29 is 32.2 Å². The van der Waals surface area contributed by atoms with Crippen LogP contribution in [-0.4, -0.2) is 60.7 Å². The number of terminal acetylenes is 1. The molecule has 1 unspecified atom stereocenters. The van der Waals surface area contributed by atoms with Gasteiger partial charge < -0.3 is 33.3 Å². The van der Waals surface area contributed by atoms with Gasteiger partial charge in [-0.05, 0) is 18.7 Å². The number of nitrogen functional groups attached to an aromatic ring is 1. The number of hydrogen-bond donors (Lipinski definition) is 1. The van der Waals surface area contributed by atoms with Gasteiger partial charge in [-0.1, -0.05) is 5.92 Å². The van der Waals surface area contributed by atoms with Crippen LogP contribution in [0.4, 0.5) is 15.0 Å². The zero-order valence-electron chi connectivity index (χ0n) is 18.4. The van der Waals surface area contributed by atoms with Crippen molar-refractivity contribution in [3.05, 3.63) is 34.5 Å². The molecule has 0 spiro atoms. The maximum Gasteiger partial charge on any atom is 0.519 e. The van der Waals surface area contributed by atoms with E-state index in [4.69, 9.17) is 30.8 Å². The summed E-state index contributed by atoms with van der Waals surface area (Å²) in [6, 6.07) is 0. The van der Waals surface area contributed by atoms with Gasteiger partial charge in [-0.15, -0.1) is 6.42 Å². The largest absolute Gasteiger partial charge is 0.519 e. The molecule has 1 atom stereocenters. The lowest BCUT2D eigenvalue weighted by Crippen LogP contribution is -2.47. The van der Waals surface area contributed by atoms with Crippen LogP contribution in [0, 0.1) is 25.3 Å². The number of fused-ring (bicyclic) bond motifs is 1. The summed E-state index contributed by atoms with van der Waals surface area (Å²) in [4.78, 5) is 34.5. The molecule has 2 N–H and O–H groups in total. The summed E-state index contributed by atoms with van der Waals surface area (Å²) in [7, 11) is 4.94. The summed E-state index contributed by atoms with van der Waals surface area (Å²) in [6.07, 6.45) is 5.19. The van der Waals surface area contributed by atoms with E-state index in [1.807, 2.05) is 0 Å². The summed E-state index contributed by atoms with van der Waals surface area (Å²) in [5.74, 6) is 1.72. The van der Waals surface area contributed by atoms with Crippen LogP contribution in [0.15, 0.2) is 20.0 Å². The number of methoxy groups -OCH3 is 1. The molecule has 0 aliphatic rings. The SMILES string of the molecule is BC(B)(CC(C#C)(COC(=O)OCc1oc(=O)oc1C)OC)n1cnc2c(N)nc(F)nc21. The number of nitrogens with two attached hydrogens (primary N) is 1. The fourth-order valence-electron chi connectivity index (χ4n) is 3.30. The van der Waals surface area contributed by atoms with Crippen molar-refractivity contribution in [2.24, 2.45) is 0 Å². The van der Waals surface area contributed by atoms with Gasteiger partial charge in [-0.3, -0.25) is 0 Å². The number of halogens is 1. The third kappa shape index (κ3) is 5.01. The molecule has 0 aliphatic heterocycles. The van der Waals surface area contributed by atoms with Crippen LogP contribution in [0.3, 0.4) is 0 Å². The van der Waals surface area contributed by atoms with E-state index in [1.165, 1.54) is 20.4 Å². The monoisotopic (exact) mass is 459 g/mol. The quantitative estimate of drug-likeness (QED) is 0.192. The van der Waals surface area contributed by atoms with Crippen molar-refractivity contribution in [2.45, 2.75) is 30.9 Å². The van der Waals surface area contributed by atoms with Gasteiger partial charge in [-0.25, -0.2) is 14.6 Å². The highest BCUT2D eigenvalue weighted by Crippen LogP contribution is 2.29. The molecule has 3 heterocycles. The highest BCUT2D eigenvalue weighted by molar-refractivity contribution is 6.38. The molecule has 33 heavy (non-hydrogen) atoms. The number of rotatable bonds is 8. The first-order valence-electron chi connectivity index (χ1n) is 9.58. The molecule has 0 bridgehead atoms. The van der Waals surface area contributed by atoms with Crippen molar-refractivity contribution in [2.75, 3.05) is 19.5 Å². The maximum absolute atomic E-state index is 13.7. The van der Waals surface area contributed by atoms with E-state index >= 15 is 0 Å². The van der Waals surface area contributed by atoms with Gasteiger partial charge in [0, 0.05) is 7.11 Å². The van der Waals surface area contributed by atoms with E-state index in [1.54, 1.807) is 20.3 Å². The molecule has 0 aromatic carbocycles. The van der Waals surface area contributed by atoms with E-state index < -0.39 is 29.0 Å². The van der Waals surface area contributed by atoms with Gasteiger partial charge in [-0.2, -0.15) is 14.4 Å². The summed E-state index contributed by atoms with van der Waals surface area (Å²) >= 11 is 0. The first-order chi connectivity index (χ1) is 15.5.